The molecule has 0 spiro atoms. The Bertz CT molecular complexity index is 687. The molecule has 1 aliphatic heterocycles. The predicted molar refractivity (Wildman–Crippen MR) is 81.4 cm³/mol. The van der Waals surface area contributed by atoms with Gasteiger partial charge >= 0.3 is 17.7 Å². The van der Waals surface area contributed by atoms with Gasteiger partial charge in [-0.25, -0.2) is 9.59 Å². The van der Waals surface area contributed by atoms with Crippen molar-refractivity contribution in [2.75, 3.05) is 7.11 Å². The van der Waals surface area contributed by atoms with E-state index in [-0.39, 0.29) is 18.5 Å². The lowest BCUT2D eigenvalue weighted by Crippen LogP contribution is -2.49. The van der Waals surface area contributed by atoms with Gasteiger partial charge in [-0.05, 0) is 25.5 Å². The first kappa shape index (κ1) is 17.5. The molecule has 0 radical (unpaired) electrons. The van der Waals surface area contributed by atoms with Crippen LogP contribution in [-0.4, -0.2) is 46.2 Å². The number of phenolic OH excluding ortho intramolecular Hbond substituents is 1. The monoisotopic (exact) mass is 338 g/mol. The molecule has 1 heterocycles. The highest BCUT2D eigenvalue weighted by Crippen LogP contribution is 2.37. The maximum atomic E-state index is 12.3. The van der Waals surface area contributed by atoms with Gasteiger partial charge in [-0.3, -0.25) is 15.0 Å². The van der Waals surface area contributed by atoms with Gasteiger partial charge < -0.3 is 14.6 Å². The van der Waals surface area contributed by atoms with Crippen LogP contribution in [-0.2, 0) is 27.2 Å². The predicted octanol–water partition coefficient (Wildman–Crippen LogP) is 1.75. The molecular formula is C15H18N2O7. The summed E-state index contributed by atoms with van der Waals surface area (Å²) in [5.74, 6) is -1.13. The van der Waals surface area contributed by atoms with E-state index in [0.29, 0.717) is 5.56 Å². The van der Waals surface area contributed by atoms with Gasteiger partial charge in [0.25, 0.3) is 0 Å². The molecule has 1 aliphatic rings. The van der Waals surface area contributed by atoms with Crippen molar-refractivity contribution in [2.24, 2.45) is 0 Å². The summed E-state index contributed by atoms with van der Waals surface area (Å²) in [6.45, 7) is 3.07. The van der Waals surface area contributed by atoms with Crippen LogP contribution < -0.4 is 0 Å². The van der Waals surface area contributed by atoms with Gasteiger partial charge in [-0.1, -0.05) is 6.07 Å². The van der Waals surface area contributed by atoms with E-state index in [1.54, 1.807) is 13.8 Å². The zero-order valence-corrected chi connectivity index (χ0v) is 13.5. The number of amides is 1. The van der Waals surface area contributed by atoms with Crippen molar-refractivity contribution in [1.82, 2.24) is 4.90 Å². The number of ether oxygens (including phenoxy) is 2. The Morgan fingerprint density at radius 2 is 2.08 bits per heavy atom. The van der Waals surface area contributed by atoms with Gasteiger partial charge in [-0.2, -0.15) is 0 Å². The zero-order valence-electron chi connectivity index (χ0n) is 13.5. The minimum absolute atomic E-state index is 0.0380. The minimum Gasteiger partial charge on any atom is -0.502 e. The van der Waals surface area contributed by atoms with E-state index in [1.807, 2.05) is 0 Å². The Morgan fingerprint density at radius 1 is 1.42 bits per heavy atom. The first-order valence-corrected chi connectivity index (χ1v) is 7.29. The van der Waals surface area contributed by atoms with Crippen LogP contribution in [0, 0.1) is 10.1 Å². The number of esters is 1. The highest BCUT2D eigenvalue weighted by molar-refractivity contribution is 5.83. The number of rotatable bonds is 3. The number of nitro benzene ring substituents is 1. The maximum absolute atomic E-state index is 12.3. The van der Waals surface area contributed by atoms with Gasteiger partial charge in [0.2, 0.25) is 0 Å². The number of hydrogen-bond donors (Lipinski definition) is 1. The Kier molecular flexibility index (Phi) is 4.91. The van der Waals surface area contributed by atoms with E-state index in [0.717, 1.165) is 4.90 Å². The molecule has 0 saturated heterocycles. The fourth-order valence-electron chi connectivity index (χ4n) is 2.64. The minimum atomic E-state index is -0.946. The zero-order chi connectivity index (χ0) is 18.0. The number of nitro groups is 1. The van der Waals surface area contributed by atoms with Gasteiger partial charge in [0.1, 0.15) is 6.04 Å². The van der Waals surface area contributed by atoms with Crippen molar-refractivity contribution in [1.29, 1.82) is 0 Å². The molecule has 1 aromatic rings. The average Bonchev–Trinajstić information content (AvgIpc) is 2.51. The molecule has 0 unspecified atom stereocenters. The van der Waals surface area contributed by atoms with Crippen LogP contribution in [0.3, 0.4) is 0 Å². The van der Waals surface area contributed by atoms with Gasteiger partial charge in [0.05, 0.1) is 30.2 Å². The molecule has 2 rings (SSSR count). The van der Waals surface area contributed by atoms with Crippen molar-refractivity contribution >= 4 is 17.7 Å². The van der Waals surface area contributed by atoms with Crippen LogP contribution in [0.2, 0.25) is 0 Å². The number of nitrogens with zero attached hydrogens (tertiary/aromatic N) is 2. The summed E-state index contributed by atoms with van der Waals surface area (Å²) in [6, 6.07) is 1.75. The molecule has 0 aliphatic carbocycles. The number of phenols is 1. The largest absolute Gasteiger partial charge is 0.502 e. The first-order valence-electron chi connectivity index (χ1n) is 7.29. The Labute approximate surface area is 137 Å². The highest BCUT2D eigenvalue weighted by atomic mass is 16.6. The second kappa shape index (κ2) is 6.73. The van der Waals surface area contributed by atoms with E-state index < -0.39 is 40.6 Å². The molecule has 0 bridgehead atoms. The molecule has 9 nitrogen and oxygen atoms in total. The van der Waals surface area contributed by atoms with Crippen molar-refractivity contribution in [3.63, 3.8) is 0 Å². The number of hydrogen-bond acceptors (Lipinski definition) is 7. The topological polar surface area (TPSA) is 119 Å². The first-order chi connectivity index (χ1) is 11.3. The average molecular weight is 338 g/mol. The summed E-state index contributed by atoms with van der Waals surface area (Å²) in [6.07, 6.45) is -1.16. The molecule has 0 saturated carbocycles. The van der Waals surface area contributed by atoms with E-state index in [1.165, 1.54) is 19.2 Å². The van der Waals surface area contributed by atoms with Gasteiger partial charge in [0, 0.05) is 6.42 Å². The normalized spacial score (nSPS) is 16.5. The maximum Gasteiger partial charge on any atom is 0.411 e. The molecular weight excluding hydrogens is 320 g/mol. The fraction of sp³-hybridized carbons (Fsp3) is 0.467. The molecule has 1 amide bonds. The lowest BCUT2D eigenvalue weighted by molar-refractivity contribution is -0.386. The lowest BCUT2D eigenvalue weighted by Gasteiger charge is -2.34. The van der Waals surface area contributed by atoms with E-state index in [2.05, 4.69) is 0 Å². The van der Waals surface area contributed by atoms with Gasteiger partial charge in [0.15, 0.2) is 5.75 Å². The Morgan fingerprint density at radius 3 is 2.62 bits per heavy atom. The third-order valence-electron chi connectivity index (χ3n) is 3.70. The number of benzene rings is 1. The molecule has 0 aromatic heterocycles. The van der Waals surface area contributed by atoms with Crippen LogP contribution in [0.1, 0.15) is 25.0 Å². The van der Waals surface area contributed by atoms with Gasteiger partial charge in [-0.15, -0.1) is 0 Å². The summed E-state index contributed by atoms with van der Waals surface area (Å²) in [7, 11) is 1.20. The number of fused-ring (bicyclic) bond motifs is 1. The quantitative estimate of drug-likeness (QED) is 0.506. The van der Waals surface area contributed by atoms with Crippen LogP contribution in [0.5, 0.6) is 5.75 Å². The second-order valence-electron chi connectivity index (χ2n) is 5.63. The van der Waals surface area contributed by atoms with Crippen molar-refractivity contribution in [3.05, 3.63) is 33.4 Å². The molecule has 9 heteroatoms. The summed E-state index contributed by atoms with van der Waals surface area (Å²) < 4.78 is 9.83. The lowest BCUT2D eigenvalue weighted by atomic mass is 9.92. The fourth-order valence-corrected chi connectivity index (χ4v) is 2.64. The third kappa shape index (κ3) is 3.24. The SMILES string of the molecule is COC(=O)[C@@H]1Cc2ccc(O)c([N+](=O)[O-])c2CN1C(=O)OC(C)C. The van der Waals surface area contributed by atoms with Crippen LogP contribution in [0.15, 0.2) is 12.1 Å². The van der Waals surface area contributed by atoms with Crippen LogP contribution >= 0.6 is 0 Å². The van der Waals surface area contributed by atoms with E-state index in [4.69, 9.17) is 9.47 Å². The summed E-state index contributed by atoms with van der Waals surface area (Å²) in [5.41, 5.74) is 0.211. The van der Waals surface area contributed by atoms with Crippen molar-refractivity contribution < 1.29 is 29.1 Å². The molecule has 1 N–H and O–H groups in total. The Balaban J connectivity index is 2.49. The van der Waals surface area contributed by atoms with Crippen molar-refractivity contribution in [3.8, 4) is 5.75 Å². The molecule has 130 valence electrons. The second-order valence-corrected chi connectivity index (χ2v) is 5.63. The molecule has 24 heavy (non-hydrogen) atoms. The van der Waals surface area contributed by atoms with E-state index in [9.17, 15) is 24.8 Å². The number of carbonyl (C=O) groups is 2. The standard InChI is InChI=1S/C15H18N2O7/c1-8(2)24-15(20)16-7-10-9(6-11(16)14(19)23-3)4-5-12(18)13(10)17(21)22/h4-5,8,11,18H,6-7H2,1-3H3/t11-/m0/s1. The molecule has 1 aromatic carbocycles. The van der Waals surface area contributed by atoms with Crippen LogP contribution in [0.25, 0.3) is 0 Å². The summed E-state index contributed by atoms with van der Waals surface area (Å²) >= 11 is 0. The summed E-state index contributed by atoms with van der Waals surface area (Å²) in [5, 5.41) is 21.0. The number of carbonyl (C=O) groups excluding carboxylic acids is 2. The number of methoxy groups -OCH3 is 1. The van der Waals surface area contributed by atoms with Crippen molar-refractivity contribution in [2.45, 2.75) is 39.0 Å². The smallest absolute Gasteiger partial charge is 0.411 e. The summed E-state index contributed by atoms with van der Waals surface area (Å²) in [4.78, 5) is 35.9. The molecule has 1 atom stereocenters. The molecule has 0 fully saturated rings. The highest BCUT2D eigenvalue weighted by Gasteiger charge is 2.40. The van der Waals surface area contributed by atoms with Crippen LogP contribution in [0.4, 0.5) is 10.5 Å². The Hall–Kier alpha value is -2.84. The number of aromatic hydroxyl groups is 1. The third-order valence-corrected chi connectivity index (χ3v) is 3.70. The van der Waals surface area contributed by atoms with E-state index >= 15 is 0 Å².